The topological polar surface area (TPSA) is 60.4 Å². The average molecular weight is 275 g/mol. The summed E-state index contributed by atoms with van der Waals surface area (Å²) in [6, 6.07) is 2.99. The van der Waals surface area contributed by atoms with Crippen molar-refractivity contribution in [1.29, 1.82) is 0 Å². The Hall–Kier alpha value is -1.07. The lowest BCUT2D eigenvalue weighted by Crippen LogP contribution is -2.21. The first-order valence-electron chi connectivity index (χ1n) is 5.04. The molecule has 1 atom stereocenters. The number of benzene rings is 1. The van der Waals surface area contributed by atoms with Crippen molar-refractivity contribution < 1.29 is 17.9 Å². The van der Waals surface area contributed by atoms with Gasteiger partial charge in [0.1, 0.15) is 5.75 Å². The predicted molar refractivity (Wildman–Crippen MR) is 64.5 cm³/mol. The Labute approximate surface area is 104 Å². The molecule has 0 spiro atoms. The molecule has 0 amide bonds. The van der Waals surface area contributed by atoms with Gasteiger partial charge in [0, 0.05) is 23.8 Å². The van der Waals surface area contributed by atoms with Crippen molar-refractivity contribution in [2.45, 2.75) is 11.7 Å². The summed E-state index contributed by atoms with van der Waals surface area (Å²) in [6.45, 7) is 0.335. The van der Waals surface area contributed by atoms with E-state index in [1.165, 1.54) is 18.4 Å². The van der Waals surface area contributed by atoms with Crippen LogP contribution < -0.4 is 4.74 Å². The lowest BCUT2D eigenvalue weighted by atomic mass is 10.0. The molecule has 1 unspecified atom stereocenters. The molecule has 1 aliphatic heterocycles. The number of hydrogen-bond donors (Lipinski definition) is 0. The average Bonchev–Trinajstić information content (AvgIpc) is 2.25. The monoisotopic (exact) mass is 274 g/mol. The van der Waals surface area contributed by atoms with Gasteiger partial charge in [-0.1, -0.05) is 11.6 Å². The Morgan fingerprint density at radius 1 is 1.47 bits per heavy atom. The van der Waals surface area contributed by atoms with Gasteiger partial charge in [-0.25, -0.2) is 8.42 Å². The van der Waals surface area contributed by atoms with Crippen LogP contribution in [0.1, 0.15) is 27.6 Å². The molecular weight excluding hydrogens is 264 g/mol. The van der Waals surface area contributed by atoms with Crippen LogP contribution in [0.2, 0.25) is 5.02 Å². The summed E-state index contributed by atoms with van der Waals surface area (Å²) in [7, 11) is -3.22. The molecule has 1 aliphatic rings. The summed E-state index contributed by atoms with van der Waals surface area (Å²) in [5.41, 5.74) is 0.801. The van der Waals surface area contributed by atoms with Crippen molar-refractivity contribution in [3.05, 3.63) is 28.3 Å². The molecule has 17 heavy (non-hydrogen) atoms. The Bertz CT molecular complexity index is 565. The fourth-order valence-corrected chi connectivity index (χ4v) is 3.30. The molecule has 0 saturated heterocycles. The molecular formula is C11H11ClO4S. The molecule has 1 aromatic carbocycles. The van der Waals surface area contributed by atoms with E-state index in [1.807, 2.05) is 0 Å². The SMILES string of the molecule is CS(=O)(=O)C1CCOc2cc(Cl)c(C=O)cc21. The first kappa shape index (κ1) is 12.4. The molecule has 0 aromatic heterocycles. The van der Waals surface area contributed by atoms with Gasteiger partial charge in [0.2, 0.25) is 0 Å². The third-order valence-electron chi connectivity index (χ3n) is 2.76. The van der Waals surface area contributed by atoms with Crippen LogP contribution in [0, 0.1) is 0 Å². The standard InChI is InChI=1S/C11H11ClO4S/c1-17(14,15)11-2-3-16-10-5-9(12)7(6-13)4-8(10)11/h4-6,11H,2-3H2,1H3. The number of carbonyl (C=O) groups is 1. The zero-order valence-electron chi connectivity index (χ0n) is 9.14. The number of fused-ring (bicyclic) bond motifs is 1. The molecule has 2 rings (SSSR count). The third-order valence-corrected chi connectivity index (χ3v) is 4.61. The van der Waals surface area contributed by atoms with Crippen LogP contribution in [0.25, 0.3) is 0 Å². The van der Waals surface area contributed by atoms with Gasteiger partial charge in [-0.2, -0.15) is 0 Å². The van der Waals surface area contributed by atoms with Gasteiger partial charge >= 0.3 is 0 Å². The van der Waals surface area contributed by atoms with Crippen molar-refractivity contribution in [3.8, 4) is 5.75 Å². The maximum Gasteiger partial charge on any atom is 0.154 e. The quantitative estimate of drug-likeness (QED) is 0.774. The largest absolute Gasteiger partial charge is 0.493 e. The number of sulfone groups is 1. The number of hydrogen-bond acceptors (Lipinski definition) is 4. The second-order valence-electron chi connectivity index (χ2n) is 3.98. The normalized spacial score (nSPS) is 19.3. The van der Waals surface area contributed by atoms with Crippen LogP contribution in [0.3, 0.4) is 0 Å². The van der Waals surface area contributed by atoms with Gasteiger partial charge < -0.3 is 4.74 Å². The Kier molecular flexibility index (Phi) is 3.14. The van der Waals surface area contributed by atoms with Gasteiger partial charge in [-0.05, 0) is 12.1 Å². The Morgan fingerprint density at radius 2 is 2.18 bits per heavy atom. The van der Waals surface area contributed by atoms with Gasteiger partial charge in [0.15, 0.2) is 16.1 Å². The molecule has 1 heterocycles. The summed E-state index contributed by atoms with van der Waals surface area (Å²) >= 11 is 5.86. The van der Waals surface area contributed by atoms with Crippen molar-refractivity contribution in [2.24, 2.45) is 0 Å². The van der Waals surface area contributed by atoms with Gasteiger partial charge in [0.05, 0.1) is 16.9 Å². The molecule has 0 N–H and O–H groups in total. The summed E-state index contributed by atoms with van der Waals surface area (Å²) in [5.74, 6) is 0.447. The van der Waals surface area contributed by atoms with Crippen LogP contribution >= 0.6 is 11.6 Å². The van der Waals surface area contributed by atoms with Crippen molar-refractivity contribution in [2.75, 3.05) is 12.9 Å². The van der Waals surface area contributed by atoms with Crippen molar-refractivity contribution >= 4 is 27.7 Å². The van der Waals surface area contributed by atoms with E-state index in [2.05, 4.69) is 0 Å². The molecule has 0 saturated carbocycles. The van der Waals surface area contributed by atoms with E-state index in [9.17, 15) is 13.2 Å². The highest BCUT2D eigenvalue weighted by atomic mass is 35.5. The summed E-state index contributed by atoms with van der Waals surface area (Å²) in [4.78, 5) is 10.8. The zero-order chi connectivity index (χ0) is 12.6. The van der Waals surface area contributed by atoms with E-state index in [1.54, 1.807) is 0 Å². The highest BCUT2D eigenvalue weighted by molar-refractivity contribution is 7.90. The molecule has 1 aromatic rings. The van der Waals surface area contributed by atoms with E-state index in [0.717, 1.165) is 0 Å². The first-order chi connectivity index (χ1) is 7.93. The second kappa shape index (κ2) is 4.31. The Morgan fingerprint density at radius 3 is 2.76 bits per heavy atom. The van der Waals surface area contributed by atoms with E-state index in [4.69, 9.17) is 16.3 Å². The highest BCUT2D eigenvalue weighted by Gasteiger charge is 2.30. The smallest absolute Gasteiger partial charge is 0.154 e. The molecule has 4 nitrogen and oxygen atoms in total. The lowest BCUT2D eigenvalue weighted by Gasteiger charge is -2.25. The first-order valence-corrected chi connectivity index (χ1v) is 7.37. The highest BCUT2D eigenvalue weighted by Crippen LogP contribution is 2.39. The van der Waals surface area contributed by atoms with E-state index in [0.29, 0.717) is 30.6 Å². The van der Waals surface area contributed by atoms with Crippen molar-refractivity contribution in [1.82, 2.24) is 0 Å². The van der Waals surface area contributed by atoms with Crippen LogP contribution in [-0.4, -0.2) is 27.6 Å². The summed E-state index contributed by atoms with van der Waals surface area (Å²) in [5, 5.41) is -0.352. The van der Waals surface area contributed by atoms with Crippen LogP contribution in [0.5, 0.6) is 5.75 Å². The van der Waals surface area contributed by atoms with Crippen molar-refractivity contribution in [3.63, 3.8) is 0 Å². The number of carbonyl (C=O) groups excluding carboxylic acids is 1. The van der Waals surface area contributed by atoms with Crippen LogP contribution in [-0.2, 0) is 9.84 Å². The number of rotatable bonds is 2. The maximum absolute atomic E-state index is 11.7. The fourth-order valence-electron chi connectivity index (χ4n) is 1.93. The fraction of sp³-hybridized carbons (Fsp3) is 0.364. The minimum absolute atomic E-state index is 0.271. The summed E-state index contributed by atoms with van der Waals surface area (Å²) in [6.07, 6.45) is 2.18. The number of ether oxygens (including phenoxy) is 1. The molecule has 6 heteroatoms. The van der Waals surface area contributed by atoms with Gasteiger partial charge in [0.25, 0.3) is 0 Å². The summed E-state index contributed by atoms with van der Waals surface area (Å²) < 4.78 is 28.7. The van der Waals surface area contributed by atoms with E-state index < -0.39 is 15.1 Å². The van der Waals surface area contributed by atoms with Crippen LogP contribution in [0.4, 0.5) is 0 Å². The van der Waals surface area contributed by atoms with E-state index in [-0.39, 0.29) is 10.6 Å². The Balaban J connectivity index is 2.61. The third kappa shape index (κ3) is 2.30. The molecule has 0 fully saturated rings. The molecule has 0 aliphatic carbocycles. The molecule has 0 radical (unpaired) electrons. The maximum atomic E-state index is 11.7. The minimum atomic E-state index is -3.22. The second-order valence-corrected chi connectivity index (χ2v) is 6.62. The lowest BCUT2D eigenvalue weighted by molar-refractivity contribution is 0.112. The van der Waals surface area contributed by atoms with E-state index >= 15 is 0 Å². The minimum Gasteiger partial charge on any atom is -0.493 e. The number of aldehydes is 1. The zero-order valence-corrected chi connectivity index (χ0v) is 10.7. The number of halogens is 1. The molecule has 92 valence electrons. The van der Waals surface area contributed by atoms with Gasteiger partial charge in [-0.3, -0.25) is 4.79 Å². The van der Waals surface area contributed by atoms with Crippen LogP contribution in [0.15, 0.2) is 12.1 Å². The predicted octanol–water partition coefficient (Wildman–Crippen LogP) is 2.02. The molecule has 0 bridgehead atoms. The van der Waals surface area contributed by atoms with Gasteiger partial charge in [-0.15, -0.1) is 0 Å².